The number of carbonyl (C=O) groups is 1. The molecule has 0 spiro atoms. The van der Waals surface area contributed by atoms with Crippen LogP contribution in [0.4, 0.5) is 10.1 Å². The van der Waals surface area contributed by atoms with Crippen LogP contribution in [0.3, 0.4) is 0 Å². The van der Waals surface area contributed by atoms with Gasteiger partial charge >= 0.3 is 0 Å². The summed E-state index contributed by atoms with van der Waals surface area (Å²) in [6, 6.07) is 7.20. The molecular formula is C12H10BrFN2OS. The van der Waals surface area contributed by atoms with Crippen molar-refractivity contribution in [2.24, 2.45) is 5.73 Å². The quantitative estimate of drug-likeness (QED) is 0.904. The highest BCUT2D eigenvalue weighted by atomic mass is 79.9. The van der Waals surface area contributed by atoms with Crippen molar-refractivity contribution in [2.45, 2.75) is 6.04 Å². The molecule has 0 bridgehead atoms. The minimum absolute atomic E-state index is 0.253. The van der Waals surface area contributed by atoms with Crippen molar-refractivity contribution in [3.8, 4) is 0 Å². The Hall–Kier alpha value is -1.40. The predicted molar refractivity (Wildman–Crippen MR) is 74.0 cm³/mol. The fraction of sp³-hybridized carbons (Fsp3) is 0.0833. The Bertz CT molecular complexity index is 573. The van der Waals surface area contributed by atoms with Crippen LogP contribution >= 0.6 is 27.3 Å². The maximum absolute atomic E-state index is 13.5. The number of para-hydroxylation sites is 1. The summed E-state index contributed by atoms with van der Waals surface area (Å²) < 4.78 is 14.4. The average molecular weight is 329 g/mol. The molecule has 0 saturated carbocycles. The monoisotopic (exact) mass is 328 g/mol. The van der Waals surface area contributed by atoms with Crippen LogP contribution in [0.15, 0.2) is 39.5 Å². The number of hydrogen-bond donors (Lipinski definition) is 2. The Morgan fingerprint density at radius 1 is 1.44 bits per heavy atom. The fourth-order valence-electron chi connectivity index (χ4n) is 1.53. The van der Waals surface area contributed by atoms with E-state index in [1.54, 1.807) is 29.6 Å². The average Bonchev–Trinajstić information content (AvgIpc) is 2.74. The van der Waals surface area contributed by atoms with Crippen LogP contribution in [0.1, 0.15) is 11.6 Å². The van der Waals surface area contributed by atoms with E-state index in [1.807, 2.05) is 0 Å². The number of carbonyl (C=O) groups excluding carboxylic acids is 1. The zero-order valence-corrected chi connectivity index (χ0v) is 11.6. The van der Waals surface area contributed by atoms with E-state index in [2.05, 4.69) is 21.2 Å². The van der Waals surface area contributed by atoms with Gasteiger partial charge in [-0.3, -0.25) is 4.79 Å². The first-order chi connectivity index (χ1) is 8.58. The van der Waals surface area contributed by atoms with Crippen molar-refractivity contribution >= 4 is 38.9 Å². The van der Waals surface area contributed by atoms with Gasteiger partial charge in [0.05, 0.1) is 9.47 Å². The molecule has 0 fully saturated rings. The Morgan fingerprint density at radius 3 is 2.72 bits per heavy atom. The summed E-state index contributed by atoms with van der Waals surface area (Å²) in [5.41, 5.74) is 6.31. The molecular weight excluding hydrogens is 319 g/mol. The number of rotatable bonds is 4. The lowest BCUT2D eigenvalue weighted by Crippen LogP contribution is -2.27. The van der Waals surface area contributed by atoms with Gasteiger partial charge in [0.2, 0.25) is 5.91 Å². The van der Waals surface area contributed by atoms with Crippen molar-refractivity contribution in [3.63, 3.8) is 0 Å². The third kappa shape index (κ3) is 2.88. The molecule has 0 aliphatic heterocycles. The van der Waals surface area contributed by atoms with Crippen LogP contribution in [-0.2, 0) is 4.79 Å². The summed E-state index contributed by atoms with van der Waals surface area (Å²) in [7, 11) is 0. The summed E-state index contributed by atoms with van der Waals surface area (Å²) in [6.07, 6.45) is 0. The molecule has 3 N–H and O–H groups in total. The molecule has 6 heteroatoms. The Labute approximate surface area is 116 Å². The fourth-order valence-corrected chi connectivity index (χ4v) is 2.73. The molecule has 1 aromatic carbocycles. The highest BCUT2D eigenvalue weighted by Gasteiger charge is 2.20. The van der Waals surface area contributed by atoms with E-state index in [0.29, 0.717) is 5.56 Å². The van der Waals surface area contributed by atoms with Gasteiger partial charge in [0.25, 0.3) is 0 Å². The zero-order chi connectivity index (χ0) is 13.1. The molecule has 1 unspecified atom stereocenters. The van der Waals surface area contributed by atoms with Crippen molar-refractivity contribution in [3.05, 3.63) is 50.9 Å². The number of thiophene rings is 1. The van der Waals surface area contributed by atoms with Gasteiger partial charge < -0.3 is 11.1 Å². The van der Waals surface area contributed by atoms with Crippen LogP contribution in [0.2, 0.25) is 0 Å². The van der Waals surface area contributed by atoms with Crippen molar-refractivity contribution < 1.29 is 9.18 Å². The van der Waals surface area contributed by atoms with E-state index < -0.39 is 17.8 Å². The van der Waals surface area contributed by atoms with Gasteiger partial charge in [-0.05, 0) is 45.1 Å². The smallest absolute Gasteiger partial charge is 0.244 e. The largest absolute Gasteiger partial charge is 0.368 e. The molecule has 0 aliphatic rings. The summed E-state index contributed by atoms with van der Waals surface area (Å²) in [4.78, 5) is 11.5. The zero-order valence-electron chi connectivity index (χ0n) is 9.19. The lowest BCUT2D eigenvalue weighted by Gasteiger charge is -2.16. The van der Waals surface area contributed by atoms with E-state index in [4.69, 9.17) is 5.73 Å². The van der Waals surface area contributed by atoms with Gasteiger partial charge in [-0.15, -0.1) is 11.3 Å². The van der Waals surface area contributed by atoms with Crippen molar-refractivity contribution in [2.75, 3.05) is 5.32 Å². The molecule has 1 aromatic heterocycles. The summed E-state index contributed by atoms with van der Waals surface area (Å²) in [6.45, 7) is 0. The molecule has 0 aliphatic carbocycles. The summed E-state index contributed by atoms with van der Waals surface area (Å²) in [5.74, 6) is -0.971. The SMILES string of the molecule is NC(=O)C(Nc1ccccc1F)c1csc(Br)c1. The van der Waals surface area contributed by atoms with Crippen LogP contribution in [0, 0.1) is 5.82 Å². The number of halogens is 2. The second-order valence-corrected chi connectivity index (χ2v) is 5.93. The van der Waals surface area contributed by atoms with Gasteiger partial charge in [0.1, 0.15) is 11.9 Å². The molecule has 94 valence electrons. The van der Waals surface area contributed by atoms with Crippen molar-refractivity contribution in [1.29, 1.82) is 0 Å². The van der Waals surface area contributed by atoms with Gasteiger partial charge in [0, 0.05) is 0 Å². The second kappa shape index (κ2) is 5.49. The first-order valence-corrected chi connectivity index (χ1v) is 6.79. The number of nitrogens with one attached hydrogen (secondary N) is 1. The number of nitrogens with two attached hydrogens (primary N) is 1. The molecule has 0 saturated heterocycles. The molecule has 2 rings (SSSR count). The lowest BCUT2D eigenvalue weighted by molar-refractivity contribution is -0.118. The third-order valence-corrected chi connectivity index (χ3v) is 3.90. The first kappa shape index (κ1) is 13.0. The molecule has 1 atom stereocenters. The topological polar surface area (TPSA) is 55.1 Å². The number of benzene rings is 1. The van der Waals surface area contributed by atoms with Crippen LogP contribution < -0.4 is 11.1 Å². The number of primary amides is 1. The van der Waals surface area contributed by atoms with Gasteiger partial charge in [-0.2, -0.15) is 0 Å². The Balaban J connectivity index is 2.28. The predicted octanol–water partition coefficient (Wildman–Crippen LogP) is 3.29. The maximum Gasteiger partial charge on any atom is 0.244 e. The highest BCUT2D eigenvalue weighted by Crippen LogP contribution is 2.28. The van der Waals surface area contributed by atoms with Gasteiger partial charge in [-0.25, -0.2) is 4.39 Å². The van der Waals surface area contributed by atoms with E-state index in [0.717, 1.165) is 3.79 Å². The highest BCUT2D eigenvalue weighted by molar-refractivity contribution is 9.11. The molecule has 18 heavy (non-hydrogen) atoms. The van der Waals surface area contributed by atoms with Gasteiger partial charge in [0.15, 0.2) is 0 Å². The van der Waals surface area contributed by atoms with Gasteiger partial charge in [-0.1, -0.05) is 12.1 Å². The molecule has 1 amide bonds. The van der Waals surface area contributed by atoms with E-state index in [-0.39, 0.29) is 5.69 Å². The number of hydrogen-bond acceptors (Lipinski definition) is 3. The molecule has 2 aromatic rings. The summed E-state index contributed by atoms with van der Waals surface area (Å²) >= 11 is 4.75. The van der Waals surface area contributed by atoms with Crippen LogP contribution in [0.25, 0.3) is 0 Å². The van der Waals surface area contributed by atoms with E-state index in [9.17, 15) is 9.18 Å². The normalized spacial score (nSPS) is 12.1. The minimum Gasteiger partial charge on any atom is -0.368 e. The van der Waals surface area contributed by atoms with Crippen molar-refractivity contribution in [1.82, 2.24) is 0 Å². The molecule has 1 heterocycles. The second-order valence-electron chi connectivity index (χ2n) is 3.64. The lowest BCUT2D eigenvalue weighted by atomic mass is 10.1. The third-order valence-electron chi connectivity index (χ3n) is 2.38. The van der Waals surface area contributed by atoms with Crippen LogP contribution in [0.5, 0.6) is 0 Å². The minimum atomic E-state index is -0.746. The Kier molecular flexibility index (Phi) is 3.98. The molecule has 0 radical (unpaired) electrons. The molecule has 3 nitrogen and oxygen atoms in total. The van der Waals surface area contributed by atoms with E-state index in [1.165, 1.54) is 17.4 Å². The standard InChI is InChI=1S/C12H10BrFN2OS/c13-10-5-7(6-18-10)11(12(15)17)16-9-4-2-1-3-8(9)14/h1-6,11,16H,(H2,15,17). The maximum atomic E-state index is 13.5. The summed E-state index contributed by atoms with van der Waals surface area (Å²) in [5, 5.41) is 4.61. The number of anilines is 1. The number of amides is 1. The van der Waals surface area contributed by atoms with Crippen LogP contribution in [-0.4, -0.2) is 5.91 Å². The Morgan fingerprint density at radius 2 is 2.17 bits per heavy atom. The van der Waals surface area contributed by atoms with E-state index >= 15 is 0 Å². The first-order valence-electron chi connectivity index (χ1n) is 5.12.